The van der Waals surface area contributed by atoms with Gasteiger partial charge in [0, 0.05) is 43.0 Å². The maximum atomic E-state index is 11.4. The first kappa shape index (κ1) is 16.1. The van der Waals surface area contributed by atoms with Crippen LogP contribution < -0.4 is 16.0 Å². The highest BCUT2D eigenvalue weighted by molar-refractivity contribution is 5.89. The summed E-state index contributed by atoms with van der Waals surface area (Å²) in [6, 6.07) is 0.872. The van der Waals surface area contributed by atoms with Crippen molar-refractivity contribution in [2.24, 2.45) is 5.73 Å². The number of ether oxygens (including phenoxy) is 1. The largest absolute Gasteiger partial charge is 0.380 e. The second kappa shape index (κ2) is 6.80. The molecule has 0 radical (unpaired) electrons. The standard InChI is InChI=1S/C16H25N5O2/c1-10-11(2)18-15(14(17)22)20-16(10)21-6-5-12(8-21)19-13-4-3-7-23-9-13/h12-13,19H,3-9H2,1-2H3,(H2,17,22)/t12-,13?/m1/s1. The zero-order chi connectivity index (χ0) is 16.4. The quantitative estimate of drug-likeness (QED) is 0.841. The Morgan fingerprint density at radius 2 is 2.13 bits per heavy atom. The molecule has 1 amide bonds. The third kappa shape index (κ3) is 3.61. The topological polar surface area (TPSA) is 93.4 Å². The van der Waals surface area contributed by atoms with Gasteiger partial charge in [0.2, 0.25) is 5.82 Å². The van der Waals surface area contributed by atoms with Gasteiger partial charge in [-0.05, 0) is 33.1 Å². The van der Waals surface area contributed by atoms with Crippen molar-refractivity contribution in [1.29, 1.82) is 0 Å². The van der Waals surface area contributed by atoms with Crippen LogP contribution in [0, 0.1) is 13.8 Å². The Morgan fingerprint density at radius 3 is 2.83 bits per heavy atom. The summed E-state index contributed by atoms with van der Waals surface area (Å²) in [5.74, 6) is 0.346. The summed E-state index contributed by atoms with van der Waals surface area (Å²) in [7, 11) is 0. The van der Waals surface area contributed by atoms with E-state index in [1.807, 2.05) is 13.8 Å². The monoisotopic (exact) mass is 319 g/mol. The Bertz CT molecular complexity index is 586. The van der Waals surface area contributed by atoms with Crippen molar-refractivity contribution in [2.45, 2.75) is 45.2 Å². The van der Waals surface area contributed by atoms with E-state index in [9.17, 15) is 4.79 Å². The van der Waals surface area contributed by atoms with E-state index in [-0.39, 0.29) is 5.82 Å². The lowest BCUT2D eigenvalue weighted by Crippen LogP contribution is -2.44. The van der Waals surface area contributed by atoms with E-state index in [1.54, 1.807) is 0 Å². The van der Waals surface area contributed by atoms with Gasteiger partial charge in [-0.25, -0.2) is 9.97 Å². The Hall–Kier alpha value is -1.73. The fourth-order valence-electron chi connectivity index (χ4n) is 3.33. The van der Waals surface area contributed by atoms with Gasteiger partial charge in [0.25, 0.3) is 5.91 Å². The summed E-state index contributed by atoms with van der Waals surface area (Å²) < 4.78 is 5.53. The maximum absolute atomic E-state index is 11.4. The Balaban J connectivity index is 1.69. The van der Waals surface area contributed by atoms with Crippen molar-refractivity contribution < 1.29 is 9.53 Å². The zero-order valence-electron chi connectivity index (χ0n) is 13.8. The summed E-state index contributed by atoms with van der Waals surface area (Å²) in [5.41, 5.74) is 7.16. The number of hydrogen-bond donors (Lipinski definition) is 2. The first-order chi connectivity index (χ1) is 11.0. The van der Waals surface area contributed by atoms with Crippen LogP contribution in [0.25, 0.3) is 0 Å². The number of nitrogens with one attached hydrogen (secondary N) is 1. The fourth-order valence-corrected chi connectivity index (χ4v) is 3.33. The lowest BCUT2D eigenvalue weighted by Gasteiger charge is -2.27. The summed E-state index contributed by atoms with van der Waals surface area (Å²) in [6.07, 6.45) is 3.36. The minimum absolute atomic E-state index is 0.0974. The molecule has 2 saturated heterocycles. The van der Waals surface area contributed by atoms with Gasteiger partial charge in [-0.1, -0.05) is 0 Å². The second-order valence-electron chi connectivity index (χ2n) is 6.46. The molecule has 1 aromatic rings. The molecular formula is C16H25N5O2. The summed E-state index contributed by atoms with van der Waals surface area (Å²) >= 11 is 0. The number of aryl methyl sites for hydroxylation is 1. The molecule has 7 nitrogen and oxygen atoms in total. The molecule has 2 aliphatic rings. The number of hydrogen-bond acceptors (Lipinski definition) is 6. The van der Waals surface area contributed by atoms with E-state index < -0.39 is 5.91 Å². The van der Waals surface area contributed by atoms with Crippen LogP contribution in [0.4, 0.5) is 5.82 Å². The molecule has 0 aromatic carbocycles. The van der Waals surface area contributed by atoms with Crippen LogP contribution in [-0.4, -0.2) is 54.3 Å². The van der Waals surface area contributed by atoms with Crippen LogP contribution in [0.3, 0.4) is 0 Å². The predicted molar refractivity (Wildman–Crippen MR) is 87.6 cm³/mol. The highest BCUT2D eigenvalue weighted by Gasteiger charge is 2.28. The first-order valence-corrected chi connectivity index (χ1v) is 8.28. The van der Waals surface area contributed by atoms with Crippen LogP contribution in [0.5, 0.6) is 0 Å². The fraction of sp³-hybridized carbons (Fsp3) is 0.688. The Kier molecular flexibility index (Phi) is 4.77. The predicted octanol–water partition coefficient (Wildman–Crippen LogP) is 0.540. The number of amides is 1. The van der Waals surface area contributed by atoms with Crippen LogP contribution in [0.2, 0.25) is 0 Å². The molecule has 23 heavy (non-hydrogen) atoms. The molecule has 0 saturated carbocycles. The maximum Gasteiger partial charge on any atom is 0.286 e. The van der Waals surface area contributed by atoms with Crippen molar-refractivity contribution in [2.75, 3.05) is 31.2 Å². The number of nitrogens with two attached hydrogens (primary N) is 1. The van der Waals surface area contributed by atoms with E-state index in [1.165, 1.54) is 6.42 Å². The molecule has 7 heteroatoms. The van der Waals surface area contributed by atoms with Crippen LogP contribution >= 0.6 is 0 Å². The molecule has 3 N–H and O–H groups in total. The summed E-state index contributed by atoms with van der Waals surface area (Å²) in [4.78, 5) is 22.2. The number of nitrogens with zero attached hydrogens (tertiary/aromatic N) is 3. The van der Waals surface area contributed by atoms with Gasteiger partial charge in [-0.2, -0.15) is 0 Å². The smallest absolute Gasteiger partial charge is 0.286 e. The van der Waals surface area contributed by atoms with Gasteiger partial charge in [-0.3, -0.25) is 4.79 Å². The van der Waals surface area contributed by atoms with Gasteiger partial charge >= 0.3 is 0 Å². The lowest BCUT2D eigenvalue weighted by atomic mass is 10.1. The van der Waals surface area contributed by atoms with Crippen molar-refractivity contribution in [3.05, 3.63) is 17.1 Å². The normalized spacial score (nSPS) is 24.9. The molecular weight excluding hydrogens is 294 g/mol. The van der Waals surface area contributed by atoms with E-state index in [0.29, 0.717) is 12.1 Å². The molecule has 3 heterocycles. The summed E-state index contributed by atoms with van der Waals surface area (Å²) in [6.45, 7) is 7.36. The van der Waals surface area contributed by atoms with Crippen molar-refractivity contribution in [3.63, 3.8) is 0 Å². The van der Waals surface area contributed by atoms with Gasteiger partial charge < -0.3 is 20.7 Å². The van der Waals surface area contributed by atoms with E-state index in [4.69, 9.17) is 10.5 Å². The number of primary amides is 1. The molecule has 126 valence electrons. The average molecular weight is 319 g/mol. The summed E-state index contributed by atoms with van der Waals surface area (Å²) in [5, 5.41) is 3.69. The molecule has 2 atom stereocenters. The van der Waals surface area contributed by atoms with Crippen LogP contribution in [0.15, 0.2) is 0 Å². The molecule has 3 rings (SSSR count). The molecule has 0 spiro atoms. The molecule has 0 aliphatic carbocycles. The van der Waals surface area contributed by atoms with Crippen LogP contribution in [-0.2, 0) is 4.74 Å². The number of carbonyl (C=O) groups is 1. The average Bonchev–Trinajstić information content (AvgIpc) is 2.99. The molecule has 1 unspecified atom stereocenters. The molecule has 1 aromatic heterocycles. The molecule has 2 fully saturated rings. The third-order valence-electron chi connectivity index (χ3n) is 4.70. The number of carbonyl (C=O) groups excluding carboxylic acids is 1. The van der Waals surface area contributed by atoms with Gasteiger partial charge in [-0.15, -0.1) is 0 Å². The second-order valence-corrected chi connectivity index (χ2v) is 6.46. The van der Waals surface area contributed by atoms with Gasteiger partial charge in [0.1, 0.15) is 5.82 Å². The number of rotatable bonds is 4. The van der Waals surface area contributed by atoms with E-state index in [0.717, 1.165) is 56.2 Å². The van der Waals surface area contributed by atoms with Gasteiger partial charge in [0.05, 0.1) is 6.61 Å². The van der Waals surface area contributed by atoms with Crippen molar-refractivity contribution >= 4 is 11.7 Å². The van der Waals surface area contributed by atoms with Crippen molar-refractivity contribution in [3.8, 4) is 0 Å². The minimum Gasteiger partial charge on any atom is -0.380 e. The Labute approximate surface area is 136 Å². The lowest BCUT2D eigenvalue weighted by molar-refractivity contribution is 0.0672. The van der Waals surface area contributed by atoms with Crippen molar-refractivity contribution in [1.82, 2.24) is 15.3 Å². The minimum atomic E-state index is -0.581. The van der Waals surface area contributed by atoms with E-state index >= 15 is 0 Å². The first-order valence-electron chi connectivity index (χ1n) is 8.28. The zero-order valence-corrected chi connectivity index (χ0v) is 13.8. The number of anilines is 1. The van der Waals surface area contributed by atoms with E-state index in [2.05, 4.69) is 20.2 Å². The molecule has 0 bridgehead atoms. The Morgan fingerprint density at radius 1 is 1.30 bits per heavy atom. The molecule has 2 aliphatic heterocycles. The third-order valence-corrected chi connectivity index (χ3v) is 4.70. The van der Waals surface area contributed by atoms with Crippen LogP contribution in [0.1, 0.15) is 41.1 Å². The highest BCUT2D eigenvalue weighted by atomic mass is 16.5. The highest BCUT2D eigenvalue weighted by Crippen LogP contribution is 2.24. The number of aromatic nitrogens is 2. The SMILES string of the molecule is Cc1nc(C(N)=O)nc(N2CC[C@@H](NC3CCCOC3)C2)c1C. The van der Waals surface area contributed by atoms with Gasteiger partial charge in [0.15, 0.2) is 0 Å².